The molecule has 27 heavy (non-hydrogen) atoms. The second kappa shape index (κ2) is 8.06. The molecular formula is C19H26F3N3O2. The molecule has 2 N–H and O–H groups in total. The number of anilines is 1. The van der Waals surface area contributed by atoms with Crippen LogP contribution in [0.4, 0.5) is 18.9 Å². The van der Waals surface area contributed by atoms with Crippen molar-refractivity contribution in [1.29, 1.82) is 0 Å². The van der Waals surface area contributed by atoms with E-state index >= 15 is 0 Å². The van der Waals surface area contributed by atoms with Crippen LogP contribution >= 0.6 is 0 Å². The maximum absolute atomic E-state index is 13.1. The van der Waals surface area contributed by atoms with Gasteiger partial charge >= 0.3 is 6.18 Å². The molecule has 1 aromatic rings. The highest BCUT2D eigenvalue weighted by atomic mass is 19.4. The standard InChI is InChI=1S/C19H26F3N3O2/c1-12(2)27-8-6-24-18(26)15-4-3-13-10-23-5-7-25-11-14(9-19(20,21)22)16(15)17(13)25/h3-4,12,14,23H,5-11H2,1-2H3,(H,24,26). The number of amides is 1. The van der Waals surface area contributed by atoms with E-state index in [9.17, 15) is 18.0 Å². The Morgan fingerprint density at radius 3 is 2.89 bits per heavy atom. The van der Waals surface area contributed by atoms with Gasteiger partial charge in [0.15, 0.2) is 0 Å². The number of nitrogens with one attached hydrogen (secondary N) is 2. The summed E-state index contributed by atoms with van der Waals surface area (Å²) in [5.41, 5.74) is 2.64. The maximum Gasteiger partial charge on any atom is 0.389 e. The summed E-state index contributed by atoms with van der Waals surface area (Å²) in [7, 11) is 0. The molecule has 1 unspecified atom stereocenters. The van der Waals surface area contributed by atoms with Crippen LogP contribution in [0.1, 0.15) is 47.7 Å². The zero-order valence-electron chi connectivity index (χ0n) is 15.7. The molecule has 0 spiro atoms. The summed E-state index contributed by atoms with van der Waals surface area (Å²) in [4.78, 5) is 14.7. The third-order valence-corrected chi connectivity index (χ3v) is 4.90. The lowest BCUT2D eigenvalue weighted by atomic mass is 9.90. The zero-order valence-corrected chi connectivity index (χ0v) is 15.7. The Balaban J connectivity index is 1.87. The van der Waals surface area contributed by atoms with Gasteiger partial charge in [-0.05, 0) is 31.0 Å². The molecule has 5 nitrogen and oxygen atoms in total. The van der Waals surface area contributed by atoms with Gasteiger partial charge in [0.1, 0.15) is 0 Å². The van der Waals surface area contributed by atoms with Crippen molar-refractivity contribution in [2.45, 2.75) is 45.0 Å². The normalized spacial score (nSPS) is 19.2. The molecule has 2 heterocycles. The molecule has 3 rings (SSSR count). The number of benzene rings is 1. The van der Waals surface area contributed by atoms with Gasteiger partial charge in [-0.25, -0.2) is 0 Å². The van der Waals surface area contributed by atoms with Crippen LogP contribution < -0.4 is 15.5 Å². The fourth-order valence-corrected chi connectivity index (χ4v) is 3.87. The van der Waals surface area contributed by atoms with Gasteiger partial charge in [-0.1, -0.05) is 6.07 Å². The molecular weight excluding hydrogens is 359 g/mol. The Labute approximate surface area is 157 Å². The van der Waals surface area contributed by atoms with E-state index in [0.29, 0.717) is 50.5 Å². The van der Waals surface area contributed by atoms with Gasteiger partial charge in [0.25, 0.3) is 5.91 Å². The van der Waals surface area contributed by atoms with Gasteiger partial charge in [-0.15, -0.1) is 0 Å². The molecule has 0 saturated carbocycles. The Morgan fingerprint density at radius 2 is 2.19 bits per heavy atom. The van der Waals surface area contributed by atoms with Crippen molar-refractivity contribution in [1.82, 2.24) is 10.6 Å². The summed E-state index contributed by atoms with van der Waals surface area (Å²) >= 11 is 0. The van der Waals surface area contributed by atoms with Crippen molar-refractivity contribution in [2.75, 3.05) is 37.7 Å². The lowest BCUT2D eigenvalue weighted by molar-refractivity contribution is -0.138. The number of carbonyl (C=O) groups is 1. The Bertz CT molecular complexity index is 692. The second-order valence-electron chi connectivity index (χ2n) is 7.35. The molecule has 1 atom stereocenters. The molecule has 0 radical (unpaired) electrons. The molecule has 0 fully saturated rings. The Morgan fingerprint density at radius 1 is 1.41 bits per heavy atom. The lowest BCUT2D eigenvalue weighted by Gasteiger charge is -2.19. The van der Waals surface area contributed by atoms with E-state index in [-0.39, 0.29) is 12.0 Å². The number of hydrogen-bond donors (Lipinski definition) is 2. The van der Waals surface area contributed by atoms with E-state index < -0.39 is 18.5 Å². The minimum Gasteiger partial charge on any atom is -0.377 e. The molecule has 0 aromatic heterocycles. The first-order valence-corrected chi connectivity index (χ1v) is 9.34. The molecule has 1 amide bonds. The maximum atomic E-state index is 13.1. The fourth-order valence-electron chi connectivity index (χ4n) is 3.87. The first kappa shape index (κ1) is 19.9. The number of carbonyl (C=O) groups excluding carboxylic acids is 1. The van der Waals surface area contributed by atoms with Crippen LogP contribution in [-0.4, -0.2) is 51.0 Å². The quantitative estimate of drug-likeness (QED) is 0.740. The van der Waals surface area contributed by atoms with Crippen LogP contribution in [-0.2, 0) is 11.3 Å². The SMILES string of the molecule is CC(C)OCCNC(=O)c1ccc2c3c1C(CC(F)(F)F)CN3CCNC2. The van der Waals surface area contributed by atoms with Crippen molar-refractivity contribution in [2.24, 2.45) is 0 Å². The third kappa shape index (κ3) is 4.73. The molecule has 0 aliphatic carbocycles. The molecule has 0 saturated heterocycles. The summed E-state index contributed by atoms with van der Waals surface area (Å²) in [5, 5.41) is 6.05. The summed E-state index contributed by atoms with van der Waals surface area (Å²) < 4.78 is 44.8. The van der Waals surface area contributed by atoms with E-state index in [4.69, 9.17) is 4.74 Å². The summed E-state index contributed by atoms with van der Waals surface area (Å²) in [6.07, 6.45) is -5.12. The summed E-state index contributed by atoms with van der Waals surface area (Å²) in [6.45, 7) is 6.74. The van der Waals surface area contributed by atoms with E-state index in [1.807, 2.05) is 24.8 Å². The van der Waals surface area contributed by atoms with Crippen LogP contribution in [0.15, 0.2) is 12.1 Å². The van der Waals surface area contributed by atoms with Gasteiger partial charge in [-0.3, -0.25) is 4.79 Å². The number of alkyl halides is 3. The number of ether oxygens (including phenoxy) is 1. The summed E-state index contributed by atoms with van der Waals surface area (Å²) in [5.74, 6) is -1.06. The fraction of sp³-hybridized carbons (Fsp3) is 0.632. The smallest absolute Gasteiger partial charge is 0.377 e. The van der Waals surface area contributed by atoms with Gasteiger partial charge in [0.05, 0.1) is 19.1 Å². The van der Waals surface area contributed by atoms with E-state index in [1.54, 1.807) is 6.07 Å². The monoisotopic (exact) mass is 385 g/mol. The molecule has 1 aromatic carbocycles. The highest BCUT2D eigenvalue weighted by Crippen LogP contribution is 2.46. The topological polar surface area (TPSA) is 53.6 Å². The number of rotatable bonds is 6. The van der Waals surface area contributed by atoms with E-state index in [1.165, 1.54) is 0 Å². The molecule has 8 heteroatoms. The largest absolute Gasteiger partial charge is 0.389 e. The average Bonchev–Trinajstić information content (AvgIpc) is 2.79. The zero-order chi connectivity index (χ0) is 19.6. The second-order valence-corrected chi connectivity index (χ2v) is 7.35. The van der Waals surface area contributed by atoms with Crippen molar-refractivity contribution in [3.05, 3.63) is 28.8 Å². The first-order valence-electron chi connectivity index (χ1n) is 9.34. The first-order chi connectivity index (χ1) is 12.8. The third-order valence-electron chi connectivity index (χ3n) is 4.90. The van der Waals surface area contributed by atoms with Gasteiger partial charge in [-0.2, -0.15) is 13.2 Å². The molecule has 2 aliphatic heterocycles. The molecule has 0 bridgehead atoms. The Kier molecular flexibility index (Phi) is 5.95. The average molecular weight is 385 g/mol. The van der Waals surface area contributed by atoms with Gasteiger partial charge in [0, 0.05) is 49.9 Å². The van der Waals surface area contributed by atoms with Crippen molar-refractivity contribution < 1.29 is 22.7 Å². The highest BCUT2D eigenvalue weighted by molar-refractivity contribution is 5.98. The van der Waals surface area contributed by atoms with Gasteiger partial charge < -0.3 is 20.3 Å². The minimum absolute atomic E-state index is 0.0595. The molecule has 150 valence electrons. The lowest BCUT2D eigenvalue weighted by Crippen LogP contribution is -2.30. The van der Waals surface area contributed by atoms with Crippen molar-refractivity contribution >= 4 is 11.6 Å². The van der Waals surface area contributed by atoms with Crippen molar-refractivity contribution in [3.63, 3.8) is 0 Å². The number of nitrogens with zero attached hydrogens (tertiary/aromatic N) is 1. The van der Waals surface area contributed by atoms with Crippen LogP contribution in [0.3, 0.4) is 0 Å². The molecule has 2 aliphatic rings. The summed E-state index contributed by atoms with van der Waals surface area (Å²) in [6, 6.07) is 3.51. The van der Waals surface area contributed by atoms with Crippen LogP contribution in [0.2, 0.25) is 0 Å². The van der Waals surface area contributed by atoms with Crippen LogP contribution in [0.25, 0.3) is 0 Å². The van der Waals surface area contributed by atoms with E-state index in [0.717, 1.165) is 11.3 Å². The number of halogens is 3. The number of hydrogen-bond acceptors (Lipinski definition) is 4. The van der Waals surface area contributed by atoms with Gasteiger partial charge in [0.2, 0.25) is 0 Å². The highest BCUT2D eigenvalue weighted by Gasteiger charge is 2.41. The Hall–Kier alpha value is -1.80. The minimum atomic E-state index is -4.27. The predicted octanol–water partition coefficient (Wildman–Crippen LogP) is 2.80. The predicted molar refractivity (Wildman–Crippen MR) is 97.2 cm³/mol. The van der Waals surface area contributed by atoms with Crippen LogP contribution in [0.5, 0.6) is 0 Å². The van der Waals surface area contributed by atoms with Crippen LogP contribution in [0, 0.1) is 0 Å². The van der Waals surface area contributed by atoms with Crippen molar-refractivity contribution in [3.8, 4) is 0 Å². The van der Waals surface area contributed by atoms with E-state index in [2.05, 4.69) is 10.6 Å².